The summed E-state index contributed by atoms with van der Waals surface area (Å²) in [7, 11) is 1.99. The molecular weight excluding hydrogens is 291 g/mol. The smallest absolute Gasteiger partial charge is 0.238 e. The van der Waals surface area contributed by atoms with Gasteiger partial charge in [0.15, 0.2) is 0 Å². The first-order chi connectivity index (χ1) is 10.1. The molecule has 0 radical (unpaired) electrons. The van der Waals surface area contributed by atoms with Gasteiger partial charge in [0.2, 0.25) is 5.91 Å². The quantitative estimate of drug-likeness (QED) is 0.850. The molecule has 0 saturated heterocycles. The predicted molar refractivity (Wildman–Crippen MR) is 84.2 cm³/mol. The molecular formula is C16H22ClFN2O. The molecule has 3 nitrogen and oxygen atoms in total. The number of rotatable bonds is 4. The van der Waals surface area contributed by atoms with Gasteiger partial charge < -0.3 is 5.32 Å². The molecule has 0 bridgehead atoms. The monoisotopic (exact) mass is 312 g/mol. The van der Waals surface area contributed by atoms with Gasteiger partial charge in [-0.3, -0.25) is 9.69 Å². The molecule has 0 spiro atoms. The summed E-state index contributed by atoms with van der Waals surface area (Å²) < 4.78 is 13.0. The van der Waals surface area contributed by atoms with Crippen LogP contribution in [0.15, 0.2) is 18.2 Å². The summed E-state index contributed by atoms with van der Waals surface area (Å²) in [6.07, 6.45) is 7.37. The summed E-state index contributed by atoms with van der Waals surface area (Å²) in [5.41, 5.74) is 0.456. The molecule has 1 saturated carbocycles. The van der Waals surface area contributed by atoms with Gasteiger partial charge in [0, 0.05) is 6.04 Å². The van der Waals surface area contributed by atoms with E-state index in [1.165, 1.54) is 43.9 Å². The van der Waals surface area contributed by atoms with E-state index in [1.54, 1.807) is 0 Å². The van der Waals surface area contributed by atoms with Gasteiger partial charge in [0.25, 0.3) is 0 Å². The lowest BCUT2D eigenvalue weighted by molar-refractivity contribution is -0.117. The highest BCUT2D eigenvalue weighted by atomic mass is 35.5. The zero-order valence-corrected chi connectivity index (χ0v) is 13.1. The first-order valence-corrected chi connectivity index (χ1v) is 7.89. The Hall–Kier alpha value is -1.13. The Morgan fingerprint density at radius 2 is 2.00 bits per heavy atom. The van der Waals surface area contributed by atoms with Gasteiger partial charge in [-0.2, -0.15) is 0 Å². The van der Waals surface area contributed by atoms with Crippen LogP contribution in [-0.4, -0.2) is 30.4 Å². The minimum absolute atomic E-state index is 0.116. The second-order valence-corrected chi connectivity index (χ2v) is 6.14. The molecule has 1 aromatic rings. The molecule has 2 rings (SSSR count). The van der Waals surface area contributed by atoms with Crippen LogP contribution in [0.25, 0.3) is 0 Å². The van der Waals surface area contributed by atoms with Crippen molar-refractivity contribution in [1.29, 1.82) is 0 Å². The van der Waals surface area contributed by atoms with Crippen LogP contribution in [0.3, 0.4) is 0 Å². The fourth-order valence-corrected chi connectivity index (χ4v) is 3.05. The predicted octanol–water partition coefficient (Wildman–Crippen LogP) is 4.07. The van der Waals surface area contributed by atoms with Crippen molar-refractivity contribution in [1.82, 2.24) is 4.90 Å². The number of anilines is 1. The zero-order valence-electron chi connectivity index (χ0n) is 12.4. The summed E-state index contributed by atoms with van der Waals surface area (Å²) in [6, 6.07) is 4.45. The molecule has 0 atom stereocenters. The number of likely N-dealkylation sites (N-methyl/N-ethyl adjacent to an activating group) is 1. The highest BCUT2D eigenvalue weighted by Gasteiger charge is 2.19. The molecule has 5 heteroatoms. The Morgan fingerprint density at radius 3 is 2.62 bits per heavy atom. The van der Waals surface area contributed by atoms with Crippen LogP contribution >= 0.6 is 11.6 Å². The van der Waals surface area contributed by atoms with E-state index in [2.05, 4.69) is 10.2 Å². The van der Waals surface area contributed by atoms with E-state index in [0.29, 0.717) is 18.3 Å². The van der Waals surface area contributed by atoms with E-state index in [0.717, 1.165) is 12.8 Å². The topological polar surface area (TPSA) is 32.3 Å². The van der Waals surface area contributed by atoms with Crippen LogP contribution < -0.4 is 5.32 Å². The van der Waals surface area contributed by atoms with Crippen molar-refractivity contribution < 1.29 is 9.18 Å². The lowest BCUT2D eigenvalue weighted by atomic mass is 10.1. The zero-order chi connectivity index (χ0) is 15.2. The molecule has 1 fully saturated rings. The lowest BCUT2D eigenvalue weighted by Gasteiger charge is -2.26. The highest BCUT2D eigenvalue weighted by molar-refractivity contribution is 6.33. The number of carbonyl (C=O) groups excluding carboxylic acids is 1. The lowest BCUT2D eigenvalue weighted by Crippen LogP contribution is -2.37. The number of benzene rings is 1. The van der Waals surface area contributed by atoms with Gasteiger partial charge >= 0.3 is 0 Å². The summed E-state index contributed by atoms with van der Waals surface area (Å²) in [6.45, 7) is 0.332. The molecule has 1 aliphatic carbocycles. The van der Waals surface area contributed by atoms with Crippen LogP contribution in [0.4, 0.5) is 10.1 Å². The summed E-state index contributed by atoms with van der Waals surface area (Å²) in [5, 5.41) is 2.97. The summed E-state index contributed by atoms with van der Waals surface area (Å²) in [5.74, 6) is -0.524. The third-order valence-electron chi connectivity index (χ3n) is 4.05. The van der Waals surface area contributed by atoms with Crippen molar-refractivity contribution in [3.8, 4) is 0 Å². The van der Waals surface area contributed by atoms with E-state index < -0.39 is 5.82 Å². The Morgan fingerprint density at radius 1 is 1.33 bits per heavy atom. The first-order valence-electron chi connectivity index (χ1n) is 7.51. The molecule has 21 heavy (non-hydrogen) atoms. The van der Waals surface area contributed by atoms with E-state index in [4.69, 9.17) is 11.6 Å². The van der Waals surface area contributed by atoms with Crippen molar-refractivity contribution in [3.63, 3.8) is 0 Å². The molecule has 0 aromatic heterocycles. The molecule has 1 amide bonds. The minimum Gasteiger partial charge on any atom is -0.324 e. The van der Waals surface area contributed by atoms with Gasteiger partial charge in [-0.25, -0.2) is 4.39 Å². The standard InChI is InChI=1S/C16H22ClFN2O/c1-20(13-6-4-2-3-5-7-13)11-16(21)19-15-9-8-12(18)10-14(15)17/h8-10,13H,2-7,11H2,1H3,(H,19,21). The molecule has 0 heterocycles. The van der Waals surface area contributed by atoms with E-state index in [-0.39, 0.29) is 10.9 Å². The number of amides is 1. The number of nitrogens with zero attached hydrogens (tertiary/aromatic N) is 1. The maximum atomic E-state index is 13.0. The number of nitrogens with one attached hydrogen (secondary N) is 1. The fourth-order valence-electron chi connectivity index (χ4n) is 2.83. The maximum absolute atomic E-state index is 13.0. The third-order valence-corrected chi connectivity index (χ3v) is 4.36. The number of halogens is 2. The van der Waals surface area contributed by atoms with Crippen LogP contribution in [-0.2, 0) is 4.79 Å². The largest absolute Gasteiger partial charge is 0.324 e. The third kappa shape index (κ3) is 4.97. The molecule has 1 aromatic carbocycles. The van der Waals surface area contributed by atoms with Crippen molar-refractivity contribution in [2.45, 2.75) is 44.6 Å². The van der Waals surface area contributed by atoms with E-state index in [1.807, 2.05) is 7.05 Å². The fraction of sp³-hybridized carbons (Fsp3) is 0.562. The van der Waals surface area contributed by atoms with Crippen LogP contribution in [0.2, 0.25) is 5.02 Å². The average Bonchev–Trinajstić information content (AvgIpc) is 2.71. The maximum Gasteiger partial charge on any atom is 0.238 e. The SMILES string of the molecule is CN(CC(=O)Nc1ccc(F)cc1Cl)C1CCCCCC1. The molecule has 0 unspecified atom stereocenters. The number of hydrogen-bond acceptors (Lipinski definition) is 2. The average molecular weight is 313 g/mol. The molecule has 116 valence electrons. The minimum atomic E-state index is -0.409. The van der Waals surface area contributed by atoms with Gasteiger partial charge in [0.1, 0.15) is 5.82 Å². The number of hydrogen-bond donors (Lipinski definition) is 1. The number of carbonyl (C=O) groups is 1. The van der Waals surface area contributed by atoms with Crippen molar-refractivity contribution in [2.24, 2.45) is 0 Å². The normalized spacial score (nSPS) is 16.8. The van der Waals surface area contributed by atoms with E-state index in [9.17, 15) is 9.18 Å². The Kier molecular flexibility index (Phi) is 6.00. The summed E-state index contributed by atoms with van der Waals surface area (Å²) >= 11 is 5.91. The second-order valence-electron chi connectivity index (χ2n) is 5.73. The molecule has 1 aliphatic rings. The second kappa shape index (κ2) is 7.76. The Balaban J connectivity index is 1.88. The summed E-state index contributed by atoms with van der Waals surface area (Å²) in [4.78, 5) is 14.2. The van der Waals surface area contributed by atoms with Gasteiger partial charge in [-0.05, 0) is 38.1 Å². The van der Waals surface area contributed by atoms with Crippen LogP contribution in [0.1, 0.15) is 38.5 Å². The van der Waals surface area contributed by atoms with Gasteiger partial charge in [-0.1, -0.05) is 37.3 Å². The van der Waals surface area contributed by atoms with E-state index >= 15 is 0 Å². The van der Waals surface area contributed by atoms with Crippen LogP contribution in [0.5, 0.6) is 0 Å². The van der Waals surface area contributed by atoms with Gasteiger partial charge in [-0.15, -0.1) is 0 Å². The van der Waals surface area contributed by atoms with Crippen LogP contribution in [0, 0.1) is 5.82 Å². The van der Waals surface area contributed by atoms with Gasteiger partial charge in [0.05, 0.1) is 17.3 Å². The van der Waals surface area contributed by atoms with Crippen molar-refractivity contribution in [3.05, 3.63) is 29.0 Å². The van der Waals surface area contributed by atoms with Crippen molar-refractivity contribution in [2.75, 3.05) is 18.9 Å². The molecule has 1 N–H and O–H groups in total. The highest BCUT2D eigenvalue weighted by Crippen LogP contribution is 2.23. The molecule has 0 aliphatic heterocycles. The first kappa shape index (κ1) is 16.2. The Bertz CT molecular complexity index is 487. The Labute approximate surface area is 130 Å². The van der Waals surface area contributed by atoms with Crippen molar-refractivity contribution >= 4 is 23.2 Å².